The Morgan fingerprint density at radius 1 is 1.23 bits per heavy atom. The normalized spacial score (nSPS) is 28.5. The molecule has 1 spiro atoms. The van der Waals surface area contributed by atoms with Gasteiger partial charge in [-0.3, -0.25) is 14.0 Å². The van der Waals surface area contributed by atoms with Gasteiger partial charge >= 0.3 is 0 Å². The van der Waals surface area contributed by atoms with E-state index < -0.39 is 0 Å². The van der Waals surface area contributed by atoms with E-state index in [9.17, 15) is 9.90 Å². The second kappa shape index (κ2) is 5.50. The lowest BCUT2D eigenvalue weighted by molar-refractivity contribution is -0.689. The fourth-order valence-corrected chi connectivity index (χ4v) is 5.96. The van der Waals surface area contributed by atoms with E-state index in [0.29, 0.717) is 27.9 Å². The first-order valence-corrected chi connectivity index (χ1v) is 10.9. The van der Waals surface area contributed by atoms with Crippen molar-refractivity contribution in [2.45, 2.75) is 37.9 Å². The third-order valence-electron chi connectivity index (χ3n) is 7.81. The Kier molecular flexibility index (Phi) is 3.09. The lowest BCUT2D eigenvalue weighted by Gasteiger charge is -2.21. The topological polar surface area (TPSA) is 85.8 Å². The molecular weight excluding hydrogens is 392 g/mol. The highest BCUT2D eigenvalue weighted by Crippen LogP contribution is 2.57. The smallest absolute Gasteiger partial charge is 0.261 e. The second-order valence-corrected chi connectivity index (χ2v) is 9.56. The maximum absolute atomic E-state index is 13.2. The highest BCUT2D eigenvalue weighted by atomic mass is 16.3. The number of aryl methyl sites for hydroxylation is 2. The highest BCUT2D eigenvalue weighted by Gasteiger charge is 2.75. The Bertz CT molecular complexity index is 1470. The van der Waals surface area contributed by atoms with Crippen LogP contribution in [-0.4, -0.2) is 59.1 Å². The quantitative estimate of drug-likeness (QED) is 0.401. The van der Waals surface area contributed by atoms with Gasteiger partial charge in [0.25, 0.3) is 5.56 Å². The summed E-state index contributed by atoms with van der Waals surface area (Å²) in [5.41, 5.74) is 2.59. The summed E-state index contributed by atoms with van der Waals surface area (Å²) in [4.78, 5) is 22.3. The zero-order valence-corrected chi connectivity index (χ0v) is 17.5. The van der Waals surface area contributed by atoms with E-state index in [4.69, 9.17) is 0 Å². The molecule has 7 rings (SSSR count). The third-order valence-corrected chi connectivity index (χ3v) is 7.81. The van der Waals surface area contributed by atoms with Crippen LogP contribution < -0.4 is 5.56 Å². The number of quaternary nitrogens is 1. The molecule has 4 aromatic rings. The van der Waals surface area contributed by atoms with Crippen molar-refractivity contribution in [2.24, 2.45) is 7.05 Å². The molecule has 6 heterocycles. The van der Waals surface area contributed by atoms with E-state index in [1.165, 1.54) is 17.6 Å². The maximum Gasteiger partial charge on any atom is 0.261 e. The Labute approximate surface area is 178 Å². The number of fused-ring (bicyclic) bond motifs is 2. The van der Waals surface area contributed by atoms with Crippen LogP contribution in [0.1, 0.15) is 24.4 Å². The zero-order chi connectivity index (χ0) is 21.1. The summed E-state index contributed by atoms with van der Waals surface area (Å²) in [6.07, 6.45) is 7.60. The molecule has 8 heteroatoms. The van der Waals surface area contributed by atoms with E-state index >= 15 is 0 Å². The number of hydrogen-bond acceptors (Lipinski definition) is 5. The van der Waals surface area contributed by atoms with Crippen molar-refractivity contribution in [3.05, 3.63) is 46.6 Å². The van der Waals surface area contributed by atoms with Gasteiger partial charge in [-0.15, -0.1) is 0 Å². The number of hydrogen-bond donors (Lipinski definition) is 1. The van der Waals surface area contributed by atoms with Crippen LogP contribution in [0.4, 0.5) is 0 Å². The van der Waals surface area contributed by atoms with Gasteiger partial charge in [-0.1, -0.05) is 0 Å². The molecule has 0 saturated carbocycles. The van der Waals surface area contributed by atoms with Crippen LogP contribution in [0.5, 0.6) is 5.75 Å². The Morgan fingerprint density at radius 3 is 2.77 bits per heavy atom. The predicted octanol–water partition coefficient (Wildman–Crippen LogP) is 2.28. The number of aromatic nitrogens is 5. The zero-order valence-electron chi connectivity index (χ0n) is 17.5. The molecule has 0 radical (unpaired) electrons. The van der Waals surface area contributed by atoms with Gasteiger partial charge in [-0.25, -0.2) is 9.97 Å². The number of aromatic hydroxyl groups is 1. The van der Waals surface area contributed by atoms with Gasteiger partial charge in [0.1, 0.15) is 30.9 Å². The number of phenols is 1. The van der Waals surface area contributed by atoms with Crippen LogP contribution in [0.15, 0.2) is 35.5 Å². The van der Waals surface area contributed by atoms with Crippen molar-refractivity contribution in [1.29, 1.82) is 0 Å². The summed E-state index contributed by atoms with van der Waals surface area (Å²) in [6.45, 7) is 4.45. The standard InChI is InChI=1S/C23H22N6O2/c1-12-20-13(9-27(2)26-20)5-17(21(12)30)22-24-8-18-19(25-22)3-4-28(23(18)31)14-6-15-10-29(15)11-16(29)7-14/h3-5,8-9,14-16H,6-7,10-11H2,1-2H3/p+1. The molecule has 3 fully saturated rings. The summed E-state index contributed by atoms with van der Waals surface area (Å²) < 4.78 is 4.96. The van der Waals surface area contributed by atoms with Crippen molar-refractivity contribution >= 4 is 21.8 Å². The van der Waals surface area contributed by atoms with E-state index in [1.807, 2.05) is 43.1 Å². The minimum atomic E-state index is -0.0153. The molecule has 0 amide bonds. The number of rotatable bonds is 2. The SMILES string of the molecule is Cc1c(O)c(-c2ncc3c(=O)n(C4CC5C[N+]56CC6C4)ccc3n2)cc2cn(C)nc12. The molecule has 3 aliphatic rings. The van der Waals surface area contributed by atoms with Crippen molar-refractivity contribution < 1.29 is 9.59 Å². The molecule has 1 N–H and O–H groups in total. The van der Waals surface area contributed by atoms with E-state index in [0.717, 1.165) is 35.8 Å². The molecule has 3 aliphatic heterocycles. The van der Waals surface area contributed by atoms with Crippen LogP contribution in [-0.2, 0) is 7.05 Å². The molecule has 3 aromatic heterocycles. The molecule has 0 bridgehead atoms. The number of benzene rings is 1. The molecule has 0 aliphatic carbocycles. The Morgan fingerprint density at radius 2 is 2.00 bits per heavy atom. The van der Waals surface area contributed by atoms with Crippen LogP contribution in [0.25, 0.3) is 33.2 Å². The van der Waals surface area contributed by atoms with Crippen LogP contribution >= 0.6 is 0 Å². The largest absolute Gasteiger partial charge is 0.507 e. The van der Waals surface area contributed by atoms with Crippen molar-refractivity contribution in [1.82, 2.24) is 24.3 Å². The van der Waals surface area contributed by atoms with Gasteiger partial charge < -0.3 is 9.67 Å². The number of nitrogens with zero attached hydrogens (tertiary/aromatic N) is 6. The van der Waals surface area contributed by atoms with E-state index in [-0.39, 0.29) is 17.4 Å². The first kappa shape index (κ1) is 17.4. The summed E-state index contributed by atoms with van der Waals surface area (Å²) >= 11 is 0. The van der Waals surface area contributed by atoms with Crippen molar-refractivity contribution in [3.63, 3.8) is 0 Å². The fourth-order valence-electron chi connectivity index (χ4n) is 5.96. The average Bonchev–Trinajstić information content (AvgIpc) is 3.61. The van der Waals surface area contributed by atoms with Crippen molar-refractivity contribution in [3.8, 4) is 17.1 Å². The highest BCUT2D eigenvalue weighted by molar-refractivity contribution is 5.90. The van der Waals surface area contributed by atoms with E-state index in [2.05, 4.69) is 15.1 Å². The molecule has 156 valence electrons. The summed E-state index contributed by atoms with van der Waals surface area (Å²) in [7, 11) is 1.85. The third kappa shape index (κ3) is 2.28. The van der Waals surface area contributed by atoms with Gasteiger partial charge in [-0.2, -0.15) is 5.10 Å². The molecule has 8 nitrogen and oxygen atoms in total. The number of phenolic OH excluding ortho intramolecular Hbond substituents is 1. The molecule has 2 unspecified atom stereocenters. The second-order valence-electron chi connectivity index (χ2n) is 9.56. The van der Waals surface area contributed by atoms with Crippen molar-refractivity contribution in [2.75, 3.05) is 13.1 Å². The van der Waals surface area contributed by atoms with Gasteiger partial charge in [-0.05, 0) is 19.1 Å². The lowest BCUT2D eigenvalue weighted by Crippen LogP contribution is -2.30. The molecule has 3 saturated heterocycles. The van der Waals surface area contributed by atoms with Gasteiger partial charge in [0.15, 0.2) is 5.82 Å². The van der Waals surface area contributed by atoms with Gasteiger partial charge in [0, 0.05) is 55.5 Å². The van der Waals surface area contributed by atoms with Crippen LogP contribution in [0.3, 0.4) is 0 Å². The predicted molar refractivity (Wildman–Crippen MR) is 116 cm³/mol. The Balaban J connectivity index is 1.32. The van der Waals surface area contributed by atoms with Crippen LogP contribution in [0.2, 0.25) is 0 Å². The molecule has 31 heavy (non-hydrogen) atoms. The minimum Gasteiger partial charge on any atom is -0.507 e. The van der Waals surface area contributed by atoms with Crippen LogP contribution in [0, 0.1) is 6.92 Å². The first-order chi connectivity index (χ1) is 14.9. The Hall–Kier alpha value is -3.26. The van der Waals surface area contributed by atoms with E-state index in [1.54, 1.807) is 10.9 Å². The number of piperidine rings is 1. The lowest BCUT2D eigenvalue weighted by atomic mass is 10.0. The minimum absolute atomic E-state index is 0.0153. The molecular formula is C23H23N6O2+. The molecule has 1 aromatic carbocycles. The maximum atomic E-state index is 13.2. The summed E-state index contributed by atoms with van der Waals surface area (Å²) in [6, 6.07) is 5.56. The monoisotopic (exact) mass is 415 g/mol. The first-order valence-electron chi connectivity index (χ1n) is 10.9. The summed E-state index contributed by atoms with van der Waals surface area (Å²) in [5, 5.41) is 16.6. The van der Waals surface area contributed by atoms with Gasteiger partial charge in [0.05, 0.1) is 22.0 Å². The molecule has 2 atom stereocenters. The van der Waals surface area contributed by atoms with Gasteiger partial charge in [0.2, 0.25) is 0 Å². The summed E-state index contributed by atoms with van der Waals surface area (Å²) in [5.74, 6) is 0.531. The number of pyridine rings is 1. The fraction of sp³-hybridized carbons (Fsp3) is 0.391. The average molecular weight is 415 g/mol.